The number of thiocarbonyl (C=S) groups is 1. The summed E-state index contributed by atoms with van der Waals surface area (Å²) in [7, 11) is 1.54. The SMILES string of the molecule is COc1cc(/C=N\NC(=S)NCCN2CCOCC2)ccc1OCC#N. The largest absolute Gasteiger partial charge is 0.493 e. The maximum Gasteiger partial charge on any atom is 0.187 e. The van der Waals surface area contributed by atoms with Crippen LogP contribution in [0.2, 0.25) is 0 Å². The predicted octanol–water partition coefficient (Wildman–Crippen LogP) is 0.728. The summed E-state index contributed by atoms with van der Waals surface area (Å²) in [5.74, 6) is 1.05. The highest BCUT2D eigenvalue weighted by atomic mass is 32.1. The number of nitriles is 1. The summed E-state index contributed by atoms with van der Waals surface area (Å²) in [5, 5.41) is 16.3. The van der Waals surface area contributed by atoms with Crippen molar-refractivity contribution in [1.82, 2.24) is 15.6 Å². The van der Waals surface area contributed by atoms with Gasteiger partial charge in [-0.15, -0.1) is 0 Å². The van der Waals surface area contributed by atoms with Gasteiger partial charge in [-0.2, -0.15) is 10.4 Å². The zero-order valence-electron chi connectivity index (χ0n) is 14.7. The second kappa shape index (κ2) is 11.3. The molecule has 0 unspecified atom stereocenters. The average molecular weight is 377 g/mol. The number of rotatable bonds is 8. The number of hydrazone groups is 1. The van der Waals surface area contributed by atoms with Gasteiger partial charge in [0.2, 0.25) is 0 Å². The van der Waals surface area contributed by atoms with Crippen molar-refractivity contribution in [3.63, 3.8) is 0 Å². The highest BCUT2D eigenvalue weighted by Gasteiger charge is 2.09. The van der Waals surface area contributed by atoms with Crippen molar-refractivity contribution in [2.24, 2.45) is 5.10 Å². The van der Waals surface area contributed by atoms with Crippen LogP contribution >= 0.6 is 12.2 Å². The molecule has 26 heavy (non-hydrogen) atoms. The van der Waals surface area contributed by atoms with Gasteiger partial charge in [0.25, 0.3) is 0 Å². The summed E-state index contributed by atoms with van der Waals surface area (Å²) in [6.07, 6.45) is 1.63. The molecule has 0 aliphatic carbocycles. The number of morpholine rings is 1. The van der Waals surface area contributed by atoms with E-state index in [1.165, 1.54) is 0 Å². The molecule has 0 saturated carbocycles. The maximum absolute atomic E-state index is 8.58. The minimum absolute atomic E-state index is 0.0320. The Morgan fingerprint density at radius 2 is 2.23 bits per heavy atom. The summed E-state index contributed by atoms with van der Waals surface area (Å²) in [6.45, 7) is 5.12. The van der Waals surface area contributed by atoms with Gasteiger partial charge in [-0.25, -0.2) is 0 Å². The van der Waals surface area contributed by atoms with Gasteiger partial charge in [-0.05, 0) is 36.0 Å². The minimum Gasteiger partial charge on any atom is -0.493 e. The number of nitrogens with one attached hydrogen (secondary N) is 2. The molecule has 0 aromatic heterocycles. The highest BCUT2D eigenvalue weighted by Crippen LogP contribution is 2.27. The first kappa shape index (κ1) is 19.9. The standard InChI is InChI=1S/C17H23N5O3S/c1-23-16-12-14(2-3-15(16)25-9-4-18)13-20-21-17(26)19-5-6-22-7-10-24-11-8-22/h2-3,12-13H,5-11H2,1H3,(H2,19,21,26)/b20-13-. The molecular weight excluding hydrogens is 354 g/mol. The fraction of sp³-hybridized carbons (Fsp3) is 0.471. The van der Waals surface area contributed by atoms with Crippen molar-refractivity contribution in [3.05, 3.63) is 23.8 Å². The van der Waals surface area contributed by atoms with Crippen molar-refractivity contribution in [2.75, 3.05) is 53.1 Å². The van der Waals surface area contributed by atoms with E-state index in [0.29, 0.717) is 16.6 Å². The molecule has 1 aliphatic rings. The summed E-state index contributed by atoms with van der Waals surface area (Å²) in [5.41, 5.74) is 3.60. The third kappa shape index (κ3) is 6.84. The molecule has 0 amide bonds. The Morgan fingerprint density at radius 3 is 2.96 bits per heavy atom. The Hall–Kier alpha value is -2.41. The molecule has 8 nitrogen and oxygen atoms in total. The molecule has 1 aliphatic heterocycles. The quantitative estimate of drug-likeness (QED) is 0.389. The highest BCUT2D eigenvalue weighted by molar-refractivity contribution is 7.80. The number of ether oxygens (including phenoxy) is 3. The van der Waals surface area contributed by atoms with Gasteiger partial charge in [0.05, 0.1) is 26.5 Å². The van der Waals surface area contributed by atoms with E-state index in [-0.39, 0.29) is 6.61 Å². The van der Waals surface area contributed by atoms with E-state index in [4.69, 9.17) is 31.7 Å². The van der Waals surface area contributed by atoms with Crippen LogP contribution in [0.4, 0.5) is 0 Å². The molecule has 2 N–H and O–H groups in total. The molecule has 1 saturated heterocycles. The smallest absolute Gasteiger partial charge is 0.187 e. The Bertz CT molecular complexity index is 656. The van der Waals surface area contributed by atoms with E-state index in [2.05, 4.69) is 20.7 Å². The lowest BCUT2D eigenvalue weighted by Crippen LogP contribution is -2.42. The Labute approximate surface area is 158 Å². The van der Waals surface area contributed by atoms with Gasteiger partial charge < -0.3 is 19.5 Å². The van der Waals surface area contributed by atoms with Crippen molar-refractivity contribution in [2.45, 2.75) is 0 Å². The zero-order chi connectivity index (χ0) is 18.6. The van der Waals surface area contributed by atoms with Crippen molar-refractivity contribution < 1.29 is 14.2 Å². The van der Waals surface area contributed by atoms with Crippen LogP contribution in [-0.2, 0) is 4.74 Å². The predicted molar refractivity (Wildman–Crippen MR) is 103 cm³/mol. The summed E-state index contributed by atoms with van der Waals surface area (Å²) in [4.78, 5) is 2.32. The van der Waals surface area contributed by atoms with E-state index in [1.54, 1.807) is 25.5 Å². The second-order valence-electron chi connectivity index (χ2n) is 5.44. The maximum atomic E-state index is 8.58. The van der Waals surface area contributed by atoms with Crippen LogP contribution in [0.5, 0.6) is 11.5 Å². The van der Waals surface area contributed by atoms with Crippen LogP contribution in [-0.4, -0.2) is 69.3 Å². The van der Waals surface area contributed by atoms with E-state index in [0.717, 1.165) is 45.0 Å². The minimum atomic E-state index is -0.0320. The molecule has 1 aromatic rings. The van der Waals surface area contributed by atoms with Crippen LogP contribution < -0.4 is 20.2 Å². The monoisotopic (exact) mass is 377 g/mol. The van der Waals surface area contributed by atoms with Crippen LogP contribution in [0.25, 0.3) is 0 Å². The summed E-state index contributed by atoms with van der Waals surface area (Å²) < 4.78 is 15.8. The number of hydrogen-bond acceptors (Lipinski definition) is 7. The lowest BCUT2D eigenvalue weighted by atomic mass is 10.2. The number of nitrogens with zero attached hydrogens (tertiary/aromatic N) is 3. The van der Waals surface area contributed by atoms with Crippen molar-refractivity contribution >= 4 is 23.5 Å². The summed E-state index contributed by atoms with van der Waals surface area (Å²) >= 11 is 5.20. The molecule has 0 spiro atoms. The normalized spacial score (nSPS) is 14.6. The molecule has 140 valence electrons. The molecule has 9 heteroatoms. The fourth-order valence-electron chi connectivity index (χ4n) is 2.35. The van der Waals surface area contributed by atoms with Crippen LogP contribution in [0, 0.1) is 11.3 Å². The molecular formula is C17H23N5O3S. The molecule has 1 aromatic carbocycles. The van der Waals surface area contributed by atoms with Crippen molar-refractivity contribution in [1.29, 1.82) is 5.26 Å². The number of methoxy groups -OCH3 is 1. The van der Waals surface area contributed by atoms with E-state index in [1.807, 2.05) is 12.1 Å². The Balaban J connectivity index is 1.74. The third-order valence-electron chi connectivity index (χ3n) is 3.68. The third-order valence-corrected chi connectivity index (χ3v) is 3.91. The molecule has 0 atom stereocenters. The molecule has 2 rings (SSSR count). The zero-order valence-corrected chi connectivity index (χ0v) is 15.6. The molecule has 0 radical (unpaired) electrons. The van der Waals surface area contributed by atoms with Crippen molar-refractivity contribution in [3.8, 4) is 17.6 Å². The fourth-order valence-corrected chi connectivity index (χ4v) is 2.51. The molecule has 0 bridgehead atoms. The average Bonchev–Trinajstić information content (AvgIpc) is 2.67. The lowest BCUT2D eigenvalue weighted by Gasteiger charge is -2.26. The van der Waals surface area contributed by atoms with Gasteiger partial charge in [0, 0.05) is 26.2 Å². The van der Waals surface area contributed by atoms with Crippen LogP contribution in [0.15, 0.2) is 23.3 Å². The topological polar surface area (TPSA) is 91.1 Å². The molecule has 1 fully saturated rings. The first-order valence-corrected chi connectivity index (χ1v) is 8.68. The lowest BCUT2D eigenvalue weighted by molar-refractivity contribution is 0.0389. The second-order valence-corrected chi connectivity index (χ2v) is 5.85. The number of hydrogen-bond donors (Lipinski definition) is 2. The van der Waals surface area contributed by atoms with Gasteiger partial charge in [0.15, 0.2) is 23.2 Å². The van der Waals surface area contributed by atoms with E-state index in [9.17, 15) is 0 Å². The van der Waals surface area contributed by atoms with Gasteiger partial charge in [0.1, 0.15) is 6.07 Å². The van der Waals surface area contributed by atoms with E-state index < -0.39 is 0 Å². The molecule has 1 heterocycles. The van der Waals surface area contributed by atoms with Crippen LogP contribution in [0.3, 0.4) is 0 Å². The van der Waals surface area contributed by atoms with Gasteiger partial charge in [-0.1, -0.05) is 0 Å². The van der Waals surface area contributed by atoms with Crippen LogP contribution in [0.1, 0.15) is 5.56 Å². The Morgan fingerprint density at radius 1 is 1.42 bits per heavy atom. The Kier molecular flexibility index (Phi) is 8.62. The first-order valence-electron chi connectivity index (χ1n) is 8.27. The van der Waals surface area contributed by atoms with Gasteiger partial charge >= 0.3 is 0 Å². The first-order chi connectivity index (χ1) is 12.7. The van der Waals surface area contributed by atoms with Gasteiger partial charge in [-0.3, -0.25) is 10.3 Å². The summed E-state index contributed by atoms with van der Waals surface area (Å²) in [6, 6.07) is 7.24. The number of benzene rings is 1. The van der Waals surface area contributed by atoms with E-state index >= 15 is 0 Å².